The predicted molar refractivity (Wildman–Crippen MR) is 86.7 cm³/mol. The van der Waals surface area contributed by atoms with Gasteiger partial charge in [-0.3, -0.25) is 0 Å². The molecule has 0 N–H and O–H groups in total. The molecule has 0 saturated heterocycles. The van der Waals surface area contributed by atoms with Crippen molar-refractivity contribution in [2.24, 2.45) is 0 Å². The maximum absolute atomic E-state index is 5.96. The van der Waals surface area contributed by atoms with Gasteiger partial charge in [-0.05, 0) is 46.3 Å². The number of anilines is 3. The molecule has 0 amide bonds. The van der Waals surface area contributed by atoms with Gasteiger partial charge in [0.2, 0.25) is 0 Å². The van der Waals surface area contributed by atoms with Crippen molar-refractivity contribution >= 4 is 33.0 Å². The molecule has 1 aliphatic rings. The monoisotopic (exact) mass is 338 g/mol. The van der Waals surface area contributed by atoms with E-state index in [9.17, 15) is 0 Å². The summed E-state index contributed by atoms with van der Waals surface area (Å²) in [7, 11) is 0. The van der Waals surface area contributed by atoms with Crippen LogP contribution in [0.3, 0.4) is 0 Å². The van der Waals surface area contributed by atoms with Crippen LogP contribution in [0.15, 0.2) is 71.5 Å². The molecule has 21 heavy (non-hydrogen) atoms. The quantitative estimate of drug-likeness (QED) is 0.433. The number of aromatic nitrogens is 1. The van der Waals surface area contributed by atoms with Crippen LogP contribution in [0.5, 0.6) is 11.5 Å². The molecule has 3 aromatic rings. The van der Waals surface area contributed by atoms with Crippen molar-refractivity contribution in [2.45, 2.75) is 0 Å². The summed E-state index contributed by atoms with van der Waals surface area (Å²) in [6, 6.07) is 20.2. The summed E-state index contributed by atoms with van der Waals surface area (Å²) in [6.07, 6.45) is 1.74. The number of halogens is 1. The normalized spacial score (nSPS) is 12.3. The topological polar surface area (TPSA) is 25.4 Å². The number of nitrogens with zero attached hydrogens (tertiary/aromatic N) is 2. The maximum Gasteiger partial charge on any atom is 0.169 e. The van der Waals surface area contributed by atoms with Crippen LogP contribution in [-0.2, 0) is 0 Å². The number of para-hydroxylation sites is 3. The van der Waals surface area contributed by atoms with E-state index in [2.05, 4.69) is 44.0 Å². The second-order valence-electron chi connectivity index (χ2n) is 4.72. The molecule has 0 bridgehead atoms. The summed E-state index contributed by atoms with van der Waals surface area (Å²) in [5, 5.41) is 0. The largest absolute Gasteiger partial charge is 0.451 e. The molecule has 0 atom stereocenters. The SMILES string of the molecule is Brc1cc2c(cn1)Oc1ccccc1N2c1ccccc1. The van der Waals surface area contributed by atoms with Crippen LogP contribution in [0, 0.1) is 0 Å². The minimum atomic E-state index is 0.751. The lowest BCUT2D eigenvalue weighted by atomic mass is 10.1. The Morgan fingerprint density at radius 1 is 0.857 bits per heavy atom. The summed E-state index contributed by atoms with van der Waals surface area (Å²) < 4.78 is 6.74. The molecule has 102 valence electrons. The fourth-order valence-corrected chi connectivity index (χ4v) is 2.81. The molecule has 0 radical (unpaired) electrons. The average Bonchev–Trinajstić information content (AvgIpc) is 2.53. The Labute approximate surface area is 131 Å². The number of ether oxygens (including phenoxy) is 1. The lowest BCUT2D eigenvalue weighted by Gasteiger charge is -2.32. The van der Waals surface area contributed by atoms with Gasteiger partial charge in [-0.15, -0.1) is 0 Å². The summed E-state index contributed by atoms with van der Waals surface area (Å²) >= 11 is 3.44. The summed E-state index contributed by atoms with van der Waals surface area (Å²) in [5.41, 5.74) is 3.09. The van der Waals surface area contributed by atoms with E-state index in [1.165, 1.54) is 0 Å². The van der Waals surface area contributed by atoms with Gasteiger partial charge in [0, 0.05) is 5.69 Å². The van der Waals surface area contributed by atoms with Gasteiger partial charge < -0.3 is 9.64 Å². The van der Waals surface area contributed by atoms with E-state index in [1.807, 2.05) is 42.5 Å². The van der Waals surface area contributed by atoms with E-state index < -0.39 is 0 Å². The van der Waals surface area contributed by atoms with Crippen LogP contribution in [0.25, 0.3) is 0 Å². The van der Waals surface area contributed by atoms with Gasteiger partial charge in [0.25, 0.3) is 0 Å². The van der Waals surface area contributed by atoms with Crippen molar-refractivity contribution in [2.75, 3.05) is 4.90 Å². The molecule has 4 heteroatoms. The average molecular weight is 339 g/mol. The van der Waals surface area contributed by atoms with Crippen molar-refractivity contribution in [1.29, 1.82) is 0 Å². The van der Waals surface area contributed by atoms with Crippen LogP contribution < -0.4 is 9.64 Å². The highest BCUT2D eigenvalue weighted by molar-refractivity contribution is 9.10. The molecule has 4 rings (SSSR count). The van der Waals surface area contributed by atoms with Crippen molar-refractivity contribution < 1.29 is 4.74 Å². The second kappa shape index (κ2) is 4.90. The molecule has 2 aromatic carbocycles. The van der Waals surface area contributed by atoms with E-state index in [-0.39, 0.29) is 0 Å². The van der Waals surface area contributed by atoms with Gasteiger partial charge in [-0.1, -0.05) is 30.3 Å². The molecule has 0 aliphatic carbocycles. The number of fused-ring (bicyclic) bond motifs is 2. The second-order valence-corrected chi connectivity index (χ2v) is 5.53. The molecule has 0 unspecified atom stereocenters. The zero-order valence-corrected chi connectivity index (χ0v) is 12.6. The van der Waals surface area contributed by atoms with Crippen molar-refractivity contribution in [3.63, 3.8) is 0 Å². The Hall–Kier alpha value is -2.33. The van der Waals surface area contributed by atoms with Gasteiger partial charge in [-0.25, -0.2) is 4.98 Å². The van der Waals surface area contributed by atoms with Gasteiger partial charge >= 0.3 is 0 Å². The van der Waals surface area contributed by atoms with E-state index in [4.69, 9.17) is 4.74 Å². The summed E-state index contributed by atoms with van der Waals surface area (Å²) in [5.74, 6) is 1.58. The lowest BCUT2D eigenvalue weighted by molar-refractivity contribution is 0.474. The van der Waals surface area contributed by atoms with E-state index >= 15 is 0 Å². The fraction of sp³-hybridized carbons (Fsp3) is 0. The van der Waals surface area contributed by atoms with Gasteiger partial charge in [0.1, 0.15) is 4.60 Å². The van der Waals surface area contributed by atoms with Gasteiger partial charge in [0.15, 0.2) is 11.5 Å². The predicted octanol–water partition coefficient (Wildman–Crippen LogP) is 5.42. The maximum atomic E-state index is 5.96. The van der Waals surface area contributed by atoms with Crippen LogP contribution in [-0.4, -0.2) is 4.98 Å². The Kier molecular flexibility index (Phi) is 2.89. The van der Waals surface area contributed by atoms with Crippen molar-refractivity contribution in [3.8, 4) is 11.5 Å². The Morgan fingerprint density at radius 2 is 1.62 bits per heavy atom. The van der Waals surface area contributed by atoms with Crippen molar-refractivity contribution in [1.82, 2.24) is 4.98 Å². The molecule has 3 nitrogen and oxygen atoms in total. The lowest BCUT2D eigenvalue weighted by Crippen LogP contribution is -2.15. The minimum Gasteiger partial charge on any atom is -0.451 e. The first-order valence-corrected chi connectivity index (χ1v) is 7.40. The molecule has 0 saturated carbocycles. The third kappa shape index (κ3) is 2.08. The first-order chi connectivity index (χ1) is 10.3. The number of hydrogen-bond acceptors (Lipinski definition) is 3. The zero-order valence-electron chi connectivity index (χ0n) is 11.0. The Morgan fingerprint density at radius 3 is 2.48 bits per heavy atom. The summed E-state index contributed by atoms with van der Waals surface area (Å²) in [4.78, 5) is 6.44. The number of rotatable bonds is 1. The minimum absolute atomic E-state index is 0.751. The van der Waals surface area contributed by atoms with Gasteiger partial charge in [-0.2, -0.15) is 0 Å². The van der Waals surface area contributed by atoms with Crippen LogP contribution in [0.4, 0.5) is 17.1 Å². The van der Waals surface area contributed by atoms with Crippen LogP contribution >= 0.6 is 15.9 Å². The Balaban J connectivity index is 1.98. The fourth-order valence-electron chi connectivity index (χ4n) is 2.49. The third-order valence-electron chi connectivity index (χ3n) is 3.39. The molecule has 1 aliphatic heterocycles. The first-order valence-electron chi connectivity index (χ1n) is 6.60. The molecule has 0 spiro atoms. The molecule has 0 fully saturated rings. The number of hydrogen-bond donors (Lipinski definition) is 0. The van der Waals surface area contributed by atoms with E-state index in [1.54, 1.807) is 6.20 Å². The van der Waals surface area contributed by atoms with E-state index in [0.717, 1.165) is 33.2 Å². The number of benzene rings is 2. The summed E-state index contributed by atoms with van der Waals surface area (Å²) in [6.45, 7) is 0. The number of pyridine rings is 1. The molecular weight excluding hydrogens is 328 g/mol. The smallest absolute Gasteiger partial charge is 0.169 e. The van der Waals surface area contributed by atoms with Crippen LogP contribution in [0.1, 0.15) is 0 Å². The highest BCUT2D eigenvalue weighted by atomic mass is 79.9. The molecule has 2 heterocycles. The zero-order chi connectivity index (χ0) is 14.2. The molecule has 1 aromatic heterocycles. The third-order valence-corrected chi connectivity index (χ3v) is 3.83. The van der Waals surface area contributed by atoms with Crippen LogP contribution in [0.2, 0.25) is 0 Å². The van der Waals surface area contributed by atoms with Gasteiger partial charge in [0.05, 0.1) is 17.6 Å². The molecular formula is C17H11BrN2O. The van der Waals surface area contributed by atoms with Crippen molar-refractivity contribution in [3.05, 3.63) is 71.5 Å². The van der Waals surface area contributed by atoms with E-state index in [0.29, 0.717) is 0 Å². The highest BCUT2D eigenvalue weighted by Gasteiger charge is 2.25. The highest BCUT2D eigenvalue weighted by Crippen LogP contribution is 2.50. The first kappa shape index (κ1) is 12.4. The Bertz CT molecular complexity index is 805. The standard InChI is InChI=1S/C17H11BrN2O/c18-17-10-14-16(11-19-17)21-15-9-5-4-8-13(15)20(14)12-6-2-1-3-7-12/h1-11H.